The predicted molar refractivity (Wildman–Crippen MR) is 135 cm³/mol. The molecule has 2 aromatic carbocycles. The van der Waals surface area contributed by atoms with Crippen LogP contribution in [0.25, 0.3) is 0 Å². The third-order valence-electron chi connectivity index (χ3n) is 6.36. The van der Waals surface area contributed by atoms with Crippen molar-refractivity contribution < 1.29 is 18.7 Å². The first-order valence-corrected chi connectivity index (χ1v) is 12.4. The van der Waals surface area contributed by atoms with Gasteiger partial charge < -0.3 is 14.1 Å². The number of hydrogen-bond donors (Lipinski definition) is 0. The molecule has 1 aliphatic rings. The number of benzene rings is 2. The van der Waals surface area contributed by atoms with Crippen molar-refractivity contribution >= 4 is 11.9 Å². The van der Waals surface area contributed by atoms with Crippen LogP contribution in [0.5, 0.6) is 0 Å². The van der Waals surface area contributed by atoms with Gasteiger partial charge in [0.1, 0.15) is 5.76 Å². The summed E-state index contributed by atoms with van der Waals surface area (Å²) < 4.78 is 11.2. The predicted octanol–water partition coefficient (Wildman–Crippen LogP) is 5.21. The van der Waals surface area contributed by atoms with Crippen LogP contribution >= 0.6 is 0 Å². The number of aryl methyl sites for hydroxylation is 1. The Morgan fingerprint density at radius 2 is 1.69 bits per heavy atom. The first-order chi connectivity index (χ1) is 17.0. The quantitative estimate of drug-likeness (QED) is 0.399. The lowest BCUT2D eigenvalue weighted by molar-refractivity contribution is -0.149. The van der Waals surface area contributed by atoms with E-state index in [1.165, 1.54) is 16.7 Å². The van der Waals surface area contributed by atoms with Crippen LogP contribution in [-0.2, 0) is 29.2 Å². The first kappa shape index (κ1) is 24.7. The topological polar surface area (TPSA) is 63.0 Å². The largest absolute Gasteiger partial charge is 0.466 e. The maximum absolute atomic E-state index is 13.1. The van der Waals surface area contributed by atoms with Gasteiger partial charge in [-0.25, -0.2) is 0 Å². The van der Waals surface area contributed by atoms with Crippen molar-refractivity contribution in [2.75, 3.05) is 19.7 Å². The van der Waals surface area contributed by atoms with E-state index in [1.54, 1.807) is 17.9 Å². The summed E-state index contributed by atoms with van der Waals surface area (Å²) in [4.78, 5) is 29.3. The molecule has 0 radical (unpaired) electrons. The number of piperidine rings is 1. The second kappa shape index (κ2) is 11.8. The number of amides is 1. The van der Waals surface area contributed by atoms with Crippen LogP contribution in [0.15, 0.2) is 71.1 Å². The van der Waals surface area contributed by atoms with E-state index in [4.69, 9.17) is 9.15 Å². The molecule has 1 aliphatic heterocycles. The van der Waals surface area contributed by atoms with Crippen LogP contribution in [0.3, 0.4) is 0 Å². The van der Waals surface area contributed by atoms with Crippen LogP contribution in [0.2, 0.25) is 0 Å². The van der Waals surface area contributed by atoms with E-state index in [0.717, 1.165) is 31.7 Å². The van der Waals surface area contributed by atoms with Gasteiger partial charge in [0, 0.05) is 26.2 Å². The number of esters is 1. The summed E-state index contributed by atoms with van der Waals surface area (Å²) in [6.45, 7) is 7.37. The Hall–Kier alpha value is -3.38. The van der Waals surface area contributed by atoms with Gasteiger partial charge in [-0.3, -0.25) is 14.5 Å². The van der Waals surface area contributed by atoms with E-state index in [9.17, 15) is 9.59 Å². The van der Waals surface area contributed by atoms with Gasteiger partial charge in [0.25, 0.3) is 5.91 Å². The SMILES string of the molecule is CCOC(=O)C1CCCN(C(=O)c2ccc(CN(Cc3ccccc3)Cc3ccc(C)cc3)o2)C1. The number of hydrogen-bond acceptors (Lipinski definition) is 5. The molecule has 1 unspecified atom stereocenters. The third kappa shape index (κ3) is 6.83. The molecular formula is C29H34N2O4. The molecule has 2 heterocycles. The lowest BCUT2D eigenvalue weighted by Crippen LogP contribution is -2.42. The van der Waals surface area contributed by atoms with Gasteiger partial charge in [-0.05, 0) is 49.9 Å². The number of rotatable bonds is 9. The molecule has 0 saturated carbocycles. The van der Waals surface area contributed by atoms with E-state index in [2.05, 4.69) is 48.2 Å². The lowest BCUT2D eigenvalue weighted by Gasteiger charge is -2.30. The van der Waals surface area contributed by atoms with Crippen LogP contribution in [-0.4, -0.2) is 41.4 Å². The average Bonchev–Trinajstić information content (AvgIpc) is 3.34. The molecule has 184 valence electrons. The highest BCUT2D eigenvalue weighted by atomic mass is 16.5. The van der Waals surface area contributed by atoms with Gasteiger partial charge in [0.15, 0.2) is 5.76 Å². The highest BCUT2D eigenvalue weighted by Crippen LogP contribution is 2.22. The Morgan fingerprint density at radius 3 is 2.40 bits per heavy atom. The molecule has 1 fully saturated rings. The molecule has 1 atom stereocenters. The number of carbonyl (C=O) groups is 2. The molecule has 0 aliphatic carbocycles. The number of furan rings is 1. The molecule has 1 saturated heterocycles. The minimum absolute atomic E-state index is 0.168. The van der Waals surface area contributed by atoms with Gasteiger partial charge in [0.05, 0.1) is 19.1 Å². The van der Waals surface area contributed by atoms with E-state index in [1.807, 2.05) is 24.3 Å². The molecule has 35 heavy (non-hydrogen) atoms. The minimum Gasteiger partial charge on any atom is -0.466 e. The summed E-state index contributed by atoms with van der Waals surface area (Å²) in [5, 5.41) is 0. The smallest absolute Gasteiger partial charge is 0.310 e. The van der Waals surface area contributed by atoms with Gasteiger partial charge in [-0.15, -0.1) is 0 Å². The van der Waals surface area contributed by atoms with Crippen molar-refractivity contribution in [3.05, 3.63) is 94.9 Å². The summed E-state index contributed by atoms with van der Waals surface area (Å²) in [6.07, 6.45) is 1.53. The second-order valence-corrected chi connectivity index (χ2v) is 9.22. The molecule has 4 rings (SSSR count). The van der Waals surface area contributed by atoms with E-state index in [-0.39, 0.29) is 17.8 Å². The Kier molecular flexibility index (Phi) is 8.37. The fourth-order valence-corrected chi connectivity index (χ4v) is 4.53. The summed E-state index contributed by atoms with van der Waals surface area (Å²) in [6, 6.07) is 22.5. The van der Waals surface area contributed by atoms with Crippen LogP contribution in [0.1, 0.15) is 52.8 Å². The standard InChI is InChI=1S/C29H34N2O4/c1-3-34-29(33)25-10-7-17-31(20-25)28(32)27-16-15-26(35-27)21-30(18-23-8-5-4-6-9-23)19-24-13-11-22(2)12-14-24/h4-6,8-9,11-16,25H,3,7,10,17-21H2,1-2H3. The number of nitrogens with zero attached hydrogens (tertiary/aromatic N) is 2. The highest BCUT2D eigenvalue weighted by Gasteiger charge is 2.31. The monoisotopic (exact) mass is 474 g/mol. The fourth-order valence-electron chi connectivity index (χ4n) is 4.53. The van der Waals surface area contributed by atoms with Crippen molar-refractivity contribution in [3.63, 3.8) is 0 Å². The lowest BCUT2D eigenvalue weighted by atomic mass is 9.98. The van der Waals surface area contributed by atoms with Crippen LogP contribution in [0, 0.1) is 12.8 Å². The van der Waals surface area contributed by atoms with Gasteiger partial charge >= 0.3 is 5.97 Å². The Bertz CT molecular complexity index is 1110. The first-order valence-electron chi connectivity index (χ1n) is 12.4. The second-order valence-electron chi connectivity index (χ2n) is 9.22. The van der Waals surface area contributed by atoms with E-state index in [0.29, 0.717) is 32.0 Å². The zero-order valence-corrected chi connectivity index (χ0v) is 20.6. The Morgan fingerprint density at radius 1 is 0.971 bits per heavy atom. The summed E-state index contributed by atoms with van der Waals surface area (Å²) in [5.74, 6) is 0.406. The van der Waals surface area contributed by atoms with Crippen LogP contribution in [0.4, 0.5) is 0 Å². The highest BCUT2D eigenvalue weighted by molar-refractivity contribution is 5.92. The molecule has 1 amide bonds. The molecule has 0 bridgehead atoms. The average molecular weight is 475 g/mol. The maximum Gasteiger partial charge on any atom is 0.310 e. The molecule has 6 nitrogen and oxygen atoms in total. The third-order valence-corrected chi connectivity index (χ3v) is 6.36. The Balaban J connectivity index is 1.44. The van der Waals surface area contributed by atoms with Crippen molar-refractivity contribution in [2.24, 2.45) is 5.92 Å². The molecule has 0 spiro atoms. The Labute approximate surface area is 207 Å². The van der Waals surface area contributed by atoms with Crippen LogP contribution < -0.4 is 0 Å². The summed E-state index contributed by atoms with van der Waals surface area (Å²) in [7, 11) is 0. The van der Waals surface area contributed by atoms with Crippen molar-refractivity contribution in [2.45, 2.75) is 46.3 Å². The molecule has 3 aromatic rings. The molecule has 6 heteroatoms. The zero-order chi connectivity index (χ0) is 24.6. The molecule has 0 N–H and O–H groups in total. The van der Waals surface area contributed by atoms with Gasteiger partial charge in [0.2, 0.25) is 0 Å². The van der Waals surface area contributed by atoms with Crippen molar-refractivity contribution in [1.82, 2.24) is 9.80 Å². The van der Waals surface area contributed by atoms with E-state index >= 15 is 0 Å². The minimum atomic E-state index is -0.266. The fraction of sp³-hybridized carbons (Fsp3) is 0.379. The number of carbonyl (C=O) groups excluding carboxylic acids is 2. The van der Waals surface area contributed by atoms with Crippen molar-refractivity contribution in [1.29, 1.82) is 0 Å². The molecule has 1 aromatic heterocycles. The van der Waals surface area contributed by atoms with Crippen molar-refractivity contribution in [3.8, 4) is 0 Å². The number of ether oxygens (including phenoxy) is 1. The normalized spacial score (nSPS) is 15.9. The number of likely N-dealkylation sites (tertiary alicyclic amines) is 1. The molecular weight excluding hydrogens is 440 g/mol. The summed E-state index contributed by atoms with van der Waals surface area (Å²) in [5.41, 5.74) is 3.69. The zero-order valence-electron chi connectivity index (χ0n) is 20.6. The van der Waals surface area contributed by atoms with Gasteiger partial charge in [-0.1, -0.05) is 60.2 Å². The van der Waals surface area contributed by atoms with E-state index < -0.39 is 0 Å². The van der Waals surface area contributed by atoms with Gasteiger partial charge in [-0.2, -0.15) is 0 Å². The maximum atomic E-state index is 13.1. The summed E-state index contributed by atoms with van der Waals surface area (Å²) >= 11 is 0.